The SMILES string of the molecule is NC(=O)c1c(NC(=O)C2CCCCN2S(=O)(=O)c2ccc(Cl)s2)sc2c1CCC2. The van der Waals surface area contributed by atoms with E-state index in [1.54, 1.807) is 0 Å². The number of amides is 2. The van der Waals surface area contributed by atoms with Crippen LogP contribution in [0.15, 0.2) is 16.3 Å². The number of nitrogens with two attached hydrogens (primary N) is 1. The molecule has 4 rings (SSSR count). The molecule has 1 aliphatic heterocycles. The van der Waals surface area contributed by atoms with Crippen molar-refractivity contribution >= 4 is 61.1 Å². The van der Waals surface area contributed by atoms with Crippen LogP contribution in [0.1, 0.15) is 46.5 Å². The second-order valence-electron chi connectivity index (χ2n) is 7.10. The molecule has 3 N–H and O–H groups in total. The van der Waals surface area contributed by atoms with Gasteiger partial charge in [0.05, 0.1) is 9.90 Å². The minimum atomic E-state index is -3.83. The van der Waals surface area contributed by atoms with E-state index in [2.05, 4.69) is 5.32 Å². The van der Waals surface area contributed by atoms with E-state index in [1.807, 2.05) is 0 Å². The summed E-state index contributed by atoms with van der Waals surface area (Å²) in [5.74, 6) is -1.00. The predicted octanol–water partition coefficient (Wildman–Crippen LogP) is 3.23. The maximum atomic E-state index is 13.1. The third-order valence-corrected chi connectivity index (χ3v) is 10.1. The molecule has 1 saturated heterocycles. The van der Waals surface area contributed by atoms with Gasteiger partial charge in [0.2, 0.25) is 5.91 Å². The van der Waals surface area contributed by atoms with Gasteiger partial charge in [-0.1, -0.05) is 18.0 Å². The van der Waals surface area contributed by atoms with E-state index in [0.29, 0.717) is 27.7 Å². The molecule has 0 radical (unpaired) electrons. The molecule has 11 heteroatoms. The molecule has 1 unspecified atom stereocenters. The van der Waals surface area contributed by atoms with E-state index in [4.69, 9.17) is 17.3 Å². The summed E-state index contributed by atoms with van der Waals surface area (Å²) in [5.41, 5.74) is 6.84. The zero-order valence-electron chi connectivity index (χ0n) is 15.4. The minimum Gasteiger partial charge on any atom is -0.365 e. The van der Waals surface area contributed by atoms with Crippen LogP contribution in [-0.2, 0) is 27.7 Å². The predicted molar refractivity (Wildman–Crippen MR) is 114 cm³/mol. The number of thiophene rings is 2. The summed E-state index contributed by atoms with van der Waals surface area (Å²) < 4.78 is 27.9. The highest BCUT2D eigenvalue weighted by atomic mass is 35.5. The Bertz CT molecular complexity index is 1080. The minimum absolute atomic E-state index is 0.120. The van der Waals surface area contributed by atoms with Crippen molar-refractivity contribution < 1.29 is 18.0 Å². The number of piperidine rings is 1. The van der Waals surface area contributed by atoms with Crippen LogP contribution >= 0.6 is 34.3 Å². The van der Waals surface area contributed by atoms with Crippen molar-refractivity contribution in [2.24, 2.45) is 5.73 Å². The van der Waals surface area contributed by atoms with Crippen molar-refractivity contribution in [3.8, 4) is 0 Å². The Morgan fingerprint density at radius 2 is 1.97 bits per heavy atom. The van der Waals surface area contributed by atoms with Gasteiger partial charge in [0.25, 0.3) is 15.9 Å². The Labute approximate surface area is 181 Å². The van der Waals surface area contributed by atoms with Gasteiger partial charge in [0.1, 0.15) is 15.3 Å². The zero-order valence-corrected chi connectivity index (χ0v) is 18.6. The fourth-order valence-corrected chi connectivity index (χ4v) is 8.52. The van der Waals surface area contributed by atoms with Crippen LogP contribution in [0.5, 0.6) is 0 Å². The average Bonchev–Trinajstić information content (AvgIpc) is 3.37. The van der Waals surface area contributed by atoms with Gasteiger partial charge in [-0.2, -0.15) is 4.31 Å². The van der Waals surface area contributed by atoms with Crippen molar-refractivity contribution in [3.63, 3.8) is 0 Å². The summed E-state index contributed by atoms with van der Waals surface area (Å²) in [7, 11) is -3.83. The fraction of sp³-hybridized carbons (Fsp3) is 0.444. The number of hydrogen-bond donors (Lipinski definition) is 2. The molecule has 1 fully saturated rings. The van der Waals surface area contributed by atoms with Crippen molar-refractivity contribution in [2.75, 3.05) is 11.9 Å². The normalized spacial score (nSPS) is 19.8. The first-order chi connectivity index (χ1) is 13.8. The van der Waals surface area contributed by atoms with Gasteiger partial charge in [-0.15, -0.1) is 22.7 Å². The summed E-state index contributed by atoms with van der Waals surface area (Å²) in [4.78, 5) is 26.1. The number of hydrogen-bond acceptors (Lipinski definition) is 6. The lowest BCUT2D eigenvalue weighted by atomic mass is 10.0. The number of anilines is 1. The van der Waals surface area contributed by atoms with E-state index in [-0.39, 0.29) is 10.8 Å². The molecule has 1 atom stereocenters. The van der Waals surface area contributed by atoms with Crippen molar-refractivity contribution in [2.45, 2.75) is 48.8 Å². The molecule has 0 saturated carbocycles. The van der Waals surface area contributed by atoms with Crippen LogP contribution in [0.2, 0.25) is 4.34 Å². The fourth-order valence-electron chi connectivity index (χ4n) is 3.95. The first-order valence-electron chi connectivity index (χ1n) is 9.31. The van der Waals surface area contributed by atoms with Crippen molar-refractivity contribution in [3.05, 3.63) is 32.5 Å². The number of nitrogens with zero attached hydrogens (tertiary/aromatic N) is 1. The van der Waals surface area contributed by atoms with E-state index in [0.717, 1.165) is 47.5 Å². The largest absolute Gasteiger partial charge is 0.365 e. The molecule has 7 nitrogen and oxygen atoms in total. The highest BCUT2D eigenvalue weighted by Gasteiger charge is 2.39. The average molecular weight is 474 g/mol. The van der Waals surface area contributed by atoms with Crippen LogP contribution in [-0.4, -0.2) is 37.1 Å². The molecular formula is C18H20ClN3O4S3. The molecule has 156 valence electrons. The molecule has 3 heterocycles. The number of aryl methyl sites for hydroxylation is 1. The number of nitrogens with one attached hydrogen (secondary N) is 1. The van der Waals surface area contributed by atoms with E-state index >= 15 is 0 Å². The maximum Gasteiger partial charge on any atom is 0.253 e. The third-order valence-electron chi connectivity index (χ3n) is 5.27. The molecule has 2 aromatic heterocycles. The Morgan fingerprint density at radius 3 is 2.66 bits per heavy atom. The first-order valence-corrected chi connectivity index (χ1v) is 12.8. The molecule has 1 aliphatic carbocycles. The first kappa shape index (κ1) is 20.8. The van der Waals surface area contributed by atoms with E-state index in [9.17, 15) is 18.0 Å². The molecule has 0 spiro atoms. The topological polar surface area (TPSA) is 110 Å². The summed E-state index contributed by atoms with van der Waals surface area (Å²) in [6, 6.07) is 2.15. The van der Waals surface area contributed by atoms with Gasteiger partial charge in [0, 0.05) is 11.4 Å². The number of sulfonamides is 1. The van der Waals surface area contributed by atoms with Gasteiger partial charge in [-0.05, 0) is 49.8 Å². The monoisotopic (exact) mass is 473 g/mol. The summed E-state index contributed by atoms with van der Waals surface area (Å²) >= 11 is 8.24. The second kappa shape index (κ2) is 7.99. The maximum absolute atomic E-state index is 13.1. The summed E-state index contributed by atoms with van der Waals surface area (Å²) in [5, 5.41) is 3.23. The van der Waals surface area contributed by atoms with Crippen LogP contribution in [0, 0.1) is 0 Å². The van der Waals surface area contributed by atoms with Gasteiger partial charge >= 0.3 is 0 Å². The number of carbonyl (C=O) groups excluding carboxylic acids is 2. The van der Waals surface area contributed by atoms with E-state index < -0.39 is 27.9 Å². The Kier molecular flexibility index (Phi) is 5.73. The molecule has 2 aromatic rings. The number of primary amides is 1. The smallest absolute Gasteiger partial charge is 0.253 e. The van der Waals surface area contributed by atoms with Crippen molar-refractivity contribution in [1.29, 1.82) is 0 Å². The van der Waals surface area contributed by atoms with E-state index in [1.165, 1.54) is 27.8 Å². The number of rotatable bonds is 5. The van der Waals surface area contributed by atoms with Crippen LogP contribution < -0.4 is 11.1 Å². The Balaban J connectivity index is 1.61. The van der Waals surface area contributed by atoms with Gasteiger partial charge < -0.3 is 11.1 Å². The van der Waals surface area contributed by atoms with Gasteiger partial charge in [0.15, 0.2) is 0 Å². The zero-order chi connectivity index (χ0) is 20.8. The molecule has 0 bridgehead atoms. The molecule has 29 heavy (non-hydrogen) atoms. The van der Waals surface area contributed by atoms with Crippen LogP contribution in [0.3, 0.4) is 0 Å². The second-order valence-corrected chi connectivity index (χ2v) is 12.0. The third kappa shape index (κ3) is 3.84. The Hall–Kier alpha value is -1.46. The van der Waals surface area contributed by atoms with Gasteiger partial charge in [-0.3, -0.25) is 9.59 Å². The molecule has 0 aromatic carbocycles. The Morgan fingerprint density at radius 1 is 1.17 bits per heavy atom. The molecular weight excluding hydrogens is 454 g/mol. The van der Waals surface area contributed by atoms with Crippen LogP contribution in [0.25, 0.3) is 0 Å². The highest BCUT2D eigenvalue weighted by molar-refractivity contribution is 7.91. The number of halogens is 1. The number of fused-ring (bicyclic) bond motifs is 1. The van der Waals surface area contributed by atoms with Gasteiger partial charge in [-0.25, -0.2) is 8.42 Å². The number of carbonyl (C=O) groups is 2. The molecule has 2 aliphatic rings. The quantitative estimate of drug-likeness (QED) is 0.694. The lowest BCUT2D eigenvalue weighted by Crippen LogP contribution is -2.49. The summed E-state index contributed by atoms with van der Waals surface area (Å²) in [6.07, 6.45) is 4.44. The lowest BCUT2D eigenvalue weighted by Gasteiger charge is -2.33. The summed E-state index contributed by atoms with van der Waals surface area (Å²) in [6.45, 7) is 0.263. The standard InChI is InChI=1S/C18H20ClN3O4S3/c19-13-7-8-14(28-13)29(25,26)22-9-2-1-5-11(22)17(24)21-18-15(16(20)23)10-4-3-6-12(10)27-18/h7-8,11H,1-6,9H2,(H2,20,23)(H,21,24). The van der Waals surface area contributed by atoms with Crippen molar-refractivity contribution in [1.82, 2.24) is 4.31 Å². The highest BCUT2D eigenvalue weighted by Crippen LogP contribution is 2.39. The molecule has 2 amide bonds. The lowest BCUT2D eigenvalue weighted by molar-refractivity contribution is -0.120. The van der Waals surface area contributed by atoms with Crippen LogP contribution in [0.4, 0.5) is 5.00 Å².